The molecule has 1 aromatic carbocycles. The predicted octanol–water partition coefficient (Wildman–Crippen LogP) is 2.05. The van der Waals surface area contributed by atoms with Gasteiger partial charge in [-0.05, 0) is 40.3 Å². The molecule has 0 bridgehead atoms. The summed E-state index contributed by atoms with van der Waals surface area (Å²) in [6.07, 6.45) is 3.76. The average Bonchev–Trinajstić information content (AvgIpc) is 2.41. The van der Waals surface area contributed by atoms with Crippen molar-refractivity contribution in [3.05, 3.63) is 59.9 Å². The fourth-order valence-electron chi connectivity index (χ4n) is 1.46. The molecule has 0 aliphatic heterocycles. The third kappa shape index (κ3) is 3.05. The number of aromatic nitrogens is 1. The molecule has 0 spiro atoms. The van der Waals surface area contributed by atoms with Gasteiger partial charge in [0.15, 0.2) is 0 Å². The first-order valence-corrected chi connectivity index (χ1v) is 5.98. The van der Waals surface area contributed by atoms with Gasteiger partial charge in [-0.3, -0.25) is 0 Å². The second kappa shape index (κ2) is 5.60. The smallest absolute Gasteiger partial charge is 0.202 e. The van der Waals surface area contributed by atoms with Crippen LogP contribution in [-0.4, -0.2) is 12.2 Å². The van der Waals surface area contributed by atoms with Crippen molar-refractivity contribution in [2.45, 2.75) is 6.92 Å². The lowest BCUT2D eigenvalue weighted by atomic mass is 10.2. The molecule has 0 aliphatic rings. The molecule has 0 radical (unpaired) electrons. The van der Waals surface area contributed by atoms with Crippen LogP contribution < -0.4 is 9.41 Å². The van der Waals surface area contributed by atoms with Gasteiger partial charge in [0.05, 0.1) is 7.11 Å². The maximum Gasteiger partial charge on any atom is 0.202 e. The average molecular weight is 258 g/mol. The molecular weight excluding hydrogens is 244 g/mol. The van der Waals surface area contributed by atoms with Gasteiger partial charge in [-0.1, -0.05) is 16.8 Å². The molecule has 0 saturated carbocycles. The SMILES string of the molecule is COc1ccc(/C([S-])=N\[n+]2ccc(C)cc2)cc1. The van der Waals surface area contributed by atoms with E-state index in [1.54, 1.807) is 11.8 Å². The molecule has 0 atom stereocenters. The van der Waals surface area contributed by atoms with Crippen LogP contribution >= 0.6 is 0 Å². The normalized spacial score (nSPS) is 11.3. The van der Waals surface area contributed by atoms with Crippen molar-refractivity contribution in [2.75, 3.05) is 7.11 Å². The van der Waals surface area contributed by atoms with Crippen molar-refractivity contribution in [3.8, 4) is 5.75 Å². The van der Waals surface area contributed by atoms with Crippen LogP contribution in [0.2, 0.25) is 0 Å². The molecule has 18 heavy (non-hydrogen) atoms. The number of nitrogens with zero attached hydrogens (tertiary/aromatic N) is 2. The minimum atomic E-state index is 0.548. The second-order valence-electron chi connectivity index (χ2n) is 3.89. The summed E-state index contributed by atoms with van der Waals surface area (Å²) in [5, 5.41) is 4.88. The van der Waals surface area contributed by atoms with Gasteiger partial charge in [-0.2, -0.15) is 0 Å². The monoisotopic (exact) mass is 258 g/mol. The summed E-state index contributed by atoms with van der Waals surface area (Å²) in [6, 6.07) is 11.5. The standard InChI is InChI=1S/C14H14N2OS/c1-11-7-9-16(10-8-11)15-14(18)12-3-5-13(17-2)6-4-12/h3-10H,1-2H3. The maximum atomic E-state index is 5.29. The van der Waals surface area contributed by atoms with E-state index in [1.807, 2.05) is 55.7 Å². The molecule has 0 amide bonds. The van der Waals surface area contributed by atoms with E-state index in [9.17, 15) is 0 Å². The Morgan fingerprint density at radius 1 is 1.11 bits per heavy atom. The molecule has 2 aromatic rings. The highest BCUT2D eigenvalue weighted by atomic mass is 32.1. The highest BCUT2D eigenvalue weighted by molar-refractivity contribution is 7.78. The fraction of sp³-hybridized carbons (Fsp3) is 0.143. The van der Waals surface area contributed by atoms with E-state index in [0.717, 1.165) is 11.3 Å². The zero-order valence-corrected chi connectivity index (χ0v) is 11.1. The first-order chi connectivity index (χ1) is 8.69. The molecule has 0 fully saturated rings. The summed E-state index contributed by atoms with van der Waals surface area (Å²) in [6.45, 7) is 2.03. The molecule has 0 aliphatic carbocycles. The number of rotatable bonds is 3. The quantitative estimate of drug-likeness (QED) is 0.364. The number of hydrogen-bond donors (Lipinski definition) is 0. The molecule has 1 heterocycles. The molecular formula is C14H14N2OS. The lowest BCUT2D eigenvalue weighted by Gasteiger charge is -2.08. The third-order valence-electron chi connectivity index (χ3n) is 2.52. The summed E-state index contributed by atoms with van der Waals surface area (Å²) >= 11 is 5.29. The van der Waals surface area contributed by atoms with Gasteiger partial charge in [-0.25, -0.2) is 0 Å². The van der Waals surface area contributed by atoms with Crippen LogP contribution in [-0.2, 0) is 12.6 Å². The van der Waals surface area contributed by atoms with Gasteiger partial charge < -0.3 is 17.4 Å². The summed E-state index contributed by atoms with van der Waals surface area (Å²) < 4.78 is 6.81. The predicted molar refractivity (Wildman–Crippen MR) is 73.7 cm³/mol. The maximum absolute atomic E-state index is 5.29. The zero-order valence-electron chi connectivity index (χ0n) is 10.3. The molecule has 1 aromatic heterocycles. The minimum absolute atomic E-state index is 0.548. The van der Waals surface area contributed by atoms with Crippen LogP contribution in [0.15, 0.2) is 53.9 Å². The van der Waals surface area contributed by atoms with Crippen LogP contribution in [0.3, 0.4) is 0 Å². The molecule has 0 N–H and O–H groups in total. The highest BCUT2D eigenvalue weighted by Gasteiger charge is 1.98. The van der Waals surface area contributed by atoms with Crippen molar-refractivity contribution in [1.82, 2.24) is 0 Å². The van der Waals surface area contributed by atoms with E-state index < -0.39 is 0 Å². The molecule has 3 nitrogen and oxygen atoms in total. The van der Waals surface area contributed by atoms with Crippen LogP contribution in [0.1, 0.15) is 11.1 Å². The van der Waals surface area contributed by atoms with Gasteiger partial charge in [-0.15, -0.1) is 0 Å². The number of benzene rings is 1. The zero-order chi connectivity index (χ0) is 13.0. The Bertz CT molecular complexity index is 547. The lowest BCUT2D eigenvalue weighted by Crippen LogP contribution is -2.28. The number of pyridine rings is 1. The van der Waals surface area contributed by atoms with Crippen molar-refractivity contribution >= 4 is 17.7 Å². The van der Waals surface area contributed by atoms with E-state index in [2.05, 4.69) is 5.10 Å². The Morgan fingerprint density at radius 3 is 2.28 bits per heavy atom. The van der Waals surface area contributed by atoms with Crippen LogP contribution in [0.25, 0.3) is 0 Å². The number of methoxy groups -OCH3 is 1. The largest absolute Gasteiger partial charge is 0.754 e. The van der Waals surface area contributed by atoms with Crippen molar-refractivity contribution < 1.29 is 9.41 Å². The van der Waals surface area contributed by atoms with Crippen LogP contribution in [0, 0.1) is 6.92 Å². The summed E-state index contributed by atoms with van der Waals surface area (Å²) in [7, 11) is 1.64. The van der Waals surface area contributed by atoms with Crippen molar-refractivity contribution in [1.29, 1.82) is 0 Å². The summed E-state index contributed by atoms with van der Waals surface area (Å²) in [5.41, 5.74) is 2.09. The van der Waals surface area contributed by atoms with E-state index in [0.29, 0.717) is 5.04 Å². The fourth-order valence-corrected chi connectivity index (χ4v) is 1.69. The summed E-state index contributed by atoms with van der Waals surface area (Å²) in [5.74, 6) is 0.810. The Morgan fingerprint density at radius 2 is 1.72 bits per heavy atom. The Kier molecular flexibility index (Phi) is 3.89. The molecule has 4 heteroatoms. The molecule has 92 valence electrons. The summed E-state index contributed by atoms with van der Waals surface area (Å²) in [4.78, 5) is 0. The second-order valence-corrected chi connectivity index (χ2v) is 4.28. The van der Waals surface area contributed by atoms with E-state index in [-0.39, 0.29) is 0 Å². The van der Waals surface area contributed by atoms with Gasteiger partial charge in [0.2, 0.25) is 12.4 Å². The van der Waals surface area contributed by atoms with Crippen molar-refractivity contribution in [2.24, 2.45) is 5.10 Å². The van der Waals surface area contributed by atoms with Crippen LogP contribution in [0.4, 0.5) is 0 Å². The van der Waals surface area contributed by atoms with Gasteiger partial charge >= 0.3 is 0 Å². The van der Waals surface area contributed by atoms with Crippen LogP contribution in [0.5, 0.6) is 5.75 Å². The first-order valence-electron chi connectivity index (χ1n) is 5.57. The van der Waals surface area contributed by atoms with Gasteiger partial charge in [0.25, 0.3) is 0 Å². The minimum Gasteiger partial charge on any atom is -0.754 e. The van der Waals surface area contributed by atoms with Gasteiger partial charge in [0, 0.05) is 12.1 Å². The van der Waals surface area contributed by atoms with E-state index >= 15 is 0 Å². The molecule has 0 unspecified atom stereocenters. The highest BCUT2D eigenvalue weighted by Crippen LogP contribution is 2.11. The van der Waals surface area contributed by atoms with Crippen molar-refractivity contribution in [3.63, 3.8) is 0 Å². The van der Waals surface area contributed by atoms with E-state index in [4.69, 9.17) is 17.4 Å². The third-order valence-corrected chi connectivity index (χ3v) is 2.84. The number of hydrogen-bond acceptors (Lipinski definition) is 3. The van der Waals surface area contributed by atoms with Gasteiger partial charge in [0.1, 0.15) is 5.75 Å². The first kappa shape index (κ1) is 12.5. The van der Waals surface area contributed by atoms with E-state index in [1.165, 1.54) is 5.56 Å². The number of aryl methyl sites for hydroxylation is 1. The molecule has 2 rings (SSSR count). The topological polar surface area (TPSA) is 25.5 Å². The Hall–Kier alpha value is -1.94. The molecule has 0 saturated heterocycles. The Labute approximate surface area is 112 Å². The number of ether oxygens (including phenoxy) is 1. The lowest BCUT2D eigenvalue weighted by molar-refractivity contribution is -0.678. The Balaban J connectivity index is 2.23.